The topological polar surface area (TPSA) is 43.4 Å². The van der Waals surface area contributed by atoms with E-state index < -0.39 is 51.3 Å². The Kier molecular flexibility index (Phi) is 4.16. The number of hydrogen-bond donors (Lipinski definition) is 0. The second-order valence-corrected chi connectivity index (χ2v) is 8.33. The van der Waals surface area contributed by atoms with Crippen molar-refractivity contribution >= 4 is 10.1 Å². The Balaban J connectivity index is 1.73. The van der Waals surface area contributed by atoms with Gasteiger partial charge in [0.1, 0.15) is 0 Å². The van der Waals surface area contributed by atoms with Crippen molar-refractivity contribution in [3.63, 3.8) is 0 Å². The fraction of sp³-hybridized carbons (Fsp3) is 0.263. The first-order chi connectivity index (χ1) is 12.7. The van der Waals surface area contributed by atoms with Crippen LogP contribution in [-0.2, 0) is 20.7 Å². The van der Waals surface area contributed by atoms with Crippen LogP contribution in [-0.4, -0.2) is 14.5 Å². The van der Waals surface area contributed by atoms with E-state index >= 15 is 0 Å². The van der Waals surface area contributed by atoms with Crippen LogP contribution in [0, 0.1) is 36.1 Å². The van der Waals surface area contributed by atoms with E-state index in [9.17, 15) is 26.0 Å². The molecule has 0 saturated carbocycles. The molecule has 0 aliphatic heterocycles. The van der Waals surface area contributed by atoms with Crippen molar-refractivity contribution in [1.29, 1.82) is 0 Å². The molecule has 0 spiro atoms. The summed E-state index contributed by atoms with van der Waals surface area (Å²) in [5.41, 5.74) is 0.191. The van der Waals surface area contributed by atoms with Crippen LogP contribution in [0.5, 0.6) is 0 Å². The predicted molar refractivity (Wildman–Crippen MR) is 88.6 cm³/mol. The SMILES string of the molecule is Cc1ccc(S(=O)(=O)OC2C3C=CC2c2c(F)c(F)c(F)c(F)c2C3)cc1. The summed E-state index contributed by atoms with van der Waals surface area (Å²) < 4.78 is 86.1. The second-order valence-electron chi connectivity index (χ2n) is 6.75. The lowest BCUT2D eigenvalue weighted by Crippen LogP contribution is -2.35. The van der Waals surface area contributed by atoms with E-state index in [1.54, 1.807) is 25.1 Å². The lowest BCUT2D eigenvalue weighted by Gasteiger charge is -2.32. The van der Waals surface area contributed by atoms with Crippen LogP contribution < -0.4 is 0 Å². The number of halogens is 4. The Morgan fingerprint density at radius 1 is 0.926 bits per heavy atom. The fourth-order valence-electron chi connectivity index (χ4n) is 3.71. The normalized spacial score (nSPS) is 23.5. The summed E-state index contributed by atoms with van der Waals surface area (Å²) in [5.74, 6) is -8.35. The summed E-state index contributed by atoms with van der Waals surface area (Å²) in [7, 11) is -4.17. The molecule has 0 N–H and O–H groups in total. The van der Waals surface area contributed by atoms with Gasteiger partial charge in [-0.3, -0.25) is 4.18 Å². The number of fused-ring (bicyclic) bond motifs is 4. The lowest BCUT2D eigenvalue weighted by atomic mass is 9.79. The Hall–Kier alpha value is -2.19. The molecule has 0 radical (unpaired) electrons. The molecule has 27 heavy (non-hydrogen) atoms. The van der Waals surface area contributed by atoms with Crippen molar-refractivity contribution in [3.05, 3.63) is 76.4 Å². The first kappa shape index (κ1) is 18.2. The third kappa shape index (κ3) is 2.78. The minimum absolute atomic E-state index is 0.0739. The van der Waals surface area contributed by atoms with Gasteiger partial charge in [-0.2, -0.15) is 8.42 Å². The van der Waals surface area contributed by atoms with E-state index in [4.69, 9.17) is 4.18 Å². The van der Waals surface area contributed by atoms with Crippen molar-refractivity contribution in [2.75, 3.05) is 0 Å². The van der Waals surface area contributed by atoms with Crippen LogP contribution in [0.4, 0.5) is 17.6 Å². The van der Waals surface area contributed by atoms with Crippen LogP contribution >= 0.6 is 0 Å². The molecule has 0 heterocycles. The Morgan fingerprint density at radius 3 is 2.22 bits per heavy atom. The van der Waals surface area contributed by atoms with Crippen LogP contribution in [0.15, 0.2) is 41.3 Å². The molecule has 142 valence electrons. The third-order valence-corrected chi connectivity index (χ3v) is 6.39. The maximum Gasteiger partial charge on any atom is 0.297 e. The van der Waals surface area contributed by atoms with Gasteiger partial charge in [0.05, 0.1) is 11.0 Å². The molecule has 0 aromatic heterocycles. The molecule has 3 nitrogen and oxygen atoms in total. The summed E-state index contributed by atoms with van der Waals surface area (Å²) in [5, 5.41) is 0. The summed E-state index contributed by atoms with van der Waals surface area (Å²) in [6.07, 6.45) is 1.78. The Morgan fingerprint density at radius 2 is 1.56 bits per heavy atom. The molecule has 8 heteroatoms. The molecule has 0 fully saturated rings. The Labute approximate surface area is 153 Å². The lowest BCUT2D eigenvalue weighted by molar-refractivity contribution is 0.147. The molecule has 3 unspecified atom stereocenters. The molecule has 0 saturated heterocycles. The largest absolute Gasteiger partial charge is 0.297 e. The van der Waals surface area contributed by atoms with Gasteiger partial charge in [-0.15, -0.1) is 0 Å². The highest BCUT2D eigenvalue weighted by Gasteiger charge is 2.46. The number of aryl methyl sites for hydroxylation is 1. The van der Waals surface area contributed by atoms with Gasteiger partial charge in [-0.05, 0) is 31.0 Å². The van der Waals surface area contributed by atoms with Crippen molar-refractivity contribution in [2.45, 2.75) is 30.3 Å². The van der Waals surface area contributed by atoms with E-state index in [2.05, 4.69) is 0 Å². The van der Waals surface area contributed by atoms with Gasteiger partial charge in [-0.1, -0.05) is 29.8 Å². The molecular weight excluding hydrogens is 384 g/mol. The molecule has 2 aliphatic carbocycles. The zero-order valence-corrected chi connectivity index (χ0v) is 14.9. The molecule has 2 aliphatic rings. The van der Waals surface area contributed by atoms with Crippen molar-refractivity contribution in [2.24, 2.45) is 5.92 Å². The maximum atomic E-state index is 14.3. The van der Waals surface area contributed by atoms with Crippen molar-refractivity contribution < 1.29 is 30.2 Å². The van der Waals surface area contributed by atoms with Crippen LogP contribution in [0.2, 0.25) is 0 Å². The van der Waals surface area contributed by atoms with Crippen LogP contribution in [0.25, 0.3) is 0 Å². The summed E-state index contributed by atoms with van der Waals surface area (Å²) >= 11 is 0. The van der Waals surface area contributed by atoms with E-state index in [1.807, 2.05) is 0 Å². The van der Waals surface area contributed by atoms with E-state index in [1.165, 1.54) is 18.2 Å². The highest BCUT2D eigenvalue weighted by atomic mass is 32.2. The molecular formula is C19H14F4O3S. The van der Waals surface area contributed by atoms with E-state index in [-0.39, 0.29) is 22.4 Å². The maximum absolute atomic E-state index is 14.3. The van der Waals surface area contributed by atoms with Crippen molar-refractivity contribution in [1.82, 2.24) is 0 Å². The second kappa shape index (κ2) is 6.17. The molecule has 2 bridgehead atoms. The van der Waals surface area contributed by atoms with E-state index in [0.717, 1.165) is 5.56 Å². The predicted octanol–water partition coefficient (Wildman–Crippen LogP) is 4.15. The monoisotopic (exact) mass is 398 g/mol. The number of benzene rings is 2. The fourth-order valence-corrected chi connectivity index (χ4v) is 4.84. The van der Waals surface area contributed by atoms with Crippen molar-refractivity contribution in [3.8, 4) is 0 Å². The van der Waals surface area contributed by atoms with E-state index in [0.29, 0.717) is 0 Å². The summed E-state index contributed by atoms with van der Waals surface area (Å²) in [6, 6.07) is 5.97. The number of rotatable bonds is 3. The average molecular weight is 398 g/mol. The van der Waals surface area contributed by atoms with Crippen LogP contribution in [0.3, 0.4) is 0 Å². The molecule has 2 aromatic rings. The molecule has 0 amide bonds. The Bertz CT molecular complexity index is 1060. The first-order valence-corrected chi connectivity index (χ1v) is 9.64. The molecule has 4 rings (SSSR count). The highest BCUT2D eigenvalue weighted by molar-refractivity contribution is 7.86. The zero-order chi connectivity index (χ0) is 19.5. The summed E-state index contributed by atoms with van der Waals surface area (Å²) in [4.78, 5) is -0.0739. The summed E-state index contributed by atoms with van der Waals surface area (Å²) in [6.45, 7) is 1.80. The van der Waals surface area contributed by atoms with Gasteiger partial charge < -0.3 is 0 Å². The standard InChI is InChI=1S/C19H14F4O3S/c1-9-2-5-11(6-3-9)27(24,25)26-19-10-4-7-12(19)14-13(8-10)15(20)17(22)18(23)16(14)21/h2-7,10,12,19H,8H2,1H3. The van der Waals surface area contributed by atoms with Gasteiger partial charge in [0, 0.05) is 17.4 Å². The van der Waals surface area contributed by atoms with Gasteiger partial charge in [0.15, 0.2) is 23.3 Å². The molecule has 3 atom stereocenters. The van der Waals surface area contributed by atoms with Gasteiger partial charge in [0.2, 0.25) is 0 Å². The number of hydrogen-bond acceptors (Lipinski definition) is 3. The van der Waals surface area contributed by atoms with Gasteiger partial charge >= 0.3 is 0 Å². The highest BCUT2D eigenvalue weighted by Crippen LogP contribution is 2.47. The zero-order valence-electron chi connectivity index (χ0n) is 14.0. The van der Waals surface area contributed by atoms with Crippen LogP contribution in [0.1, 0.15) is 22.6 Å². The van der Waals surface area contributed by atoms with Gasteiger partial charge in [0.25, 0.3) is 10.1 Å². The average Bonchev–Trinajstić information content (AvgIpc) is 2.88. The third-order valence-electron chi connectivity index (χ3n) is 5.07. The molecule has 2 aromatic carbocycles. The quantitative estimate of drug-likeness (QED) is 0.257. The smallest absolute Gasteiger partial charge is 0.261 e. The van der Waals surface area contributed by atoms with Gasteiger partial charge in [-0.25, -0.2) is 17.6 Å². The first-order valence-electron chi connectivity index (χ1n) is 8.23. The minimum Gasteiger partial charge on any atom is -0.261 e. The minimum atomic E-state index is -4.17.